The van der Waals surface area contributed by atoms with Gasteiger partial charge in [-0.25, -0.2) is 0 Å². The first-order valence-corrected chi connectivity index (χ1v) is 12.5. The molecule has 11 nitrogen and oxygen atoms in total. The first-order chi connectivity index (χ1) is 16.5. The van der Waals surface area contributed by atoms with Crippen LogP contribution in [0.15, 0.2) is 0 Å². The van der Waals surface area contributed by atoms with E-state index in [2.05, 4.69) is 17.8 Å². The molecule has 0 heterocycles. The minimum Gasteiger partial charge on any atom is -0.314 e. The molecule has 35 heavy (non-hydrogen) atoms. The van der Waals surface area contributed by atoms with Gasteiger partial charge in [-0.2, -0.15) is 5.26 Å². The Kier molecular flexibility index (Phi) is 5.21. The Bertz CT molecular complexity index is 1040. The molecule has 0 amide bonds. The van der Waals surface area contributed by atoms with Crippen molar-refractivity contribution in [2.75, 3.05) is 6.61 Å². The Balaban J connectivity index is 1.52. The first kappa shape index (κ1) is 23.9. The van der Waals surface area contributed by atoms with E-state index >= 15 is 0 Å². The third kappa shape index (κ3) is 2.88. The Labute approximate surface area is 202 Å². The number of nitrogens with zero attached hydrogens (tertiary/aromatic N) is 3. The number of fused-ring (bicyclic) bond motifs is 6. The molecule has 0 saturated heterocycles. The van der Waals surface area contributed by atoms with Crippen molar-refractivity contribution >= 4 is 11.6 Å². The van der Waals surface area contributed by atoms with Crippen molar-refractivity contribution in [2.24, 2.45) is 45.8 Å². The molecule has 0 N–H and O–H groups in total. The number of ketones is 2. The van der Waals surface area contributed by atoms with Crippen LogP contribution in [0.25, 0.3) is 0 Å². The molecule has 0 aliphatic heterocycles. The minimum atomic E-state index is -1.12. The fourth-order valence-corrected chi connectivity index (χ4v) is 9.69. The van der Waals surface area contributed by atoms with Gasteiger partial charge in [0.1, 0.15) is 17.2 Å². The quantitative estimate of drug-likeness (QED) is 0.225. The summed E-state index contributed by atoms with van der Waals surface area (Å²) in [6.45, 7) is 3.93. The second kappa shape index (κ2) is 7.61. The van der Waals surface area contributed by atoms with Gasteiger partial charge in [-0.15, -0.1) is 20.2 Å². The van der Waals surface area contributed by atoms with Crippen molar-refractivity contribution in [3.05, 3.63) is 20.2 Å². The molecular weight excluding hydrogens is 458 g/mol. The van der Waals surface area contributed by atoms with Gasteiger partial charge in [0, 0.05) is 17.8 Å². The molecule has 5 saturated carbocycles. The molecule has 0 aromatic rings. The molecule has 0 radical (unpaired) electrons. The van der Waals surface area contributed by atoms with Crippen LogP contribution in [0.5, 0.6) is 0 Å². The summed E-state index contributed by atoms with van der Waals surface area (Å²) in [6.07, 6.45) is 4.18. The molecule has 5 rings (SSSR count). The van der Waals surface area contributed by atoms with E-state index in [0.717, 1.165) is 0 Å². The molecule has 11 heteroatoms. The van der Waals surface area contributed by atoms with Gasteiger partial charge in [-0.05, 0) is 74.5 Å². The van der Waals surface area contributed by atoms with Gasteiger partial charge in [0.25, 0.3) is 10.2 Å². The van der Waals surface area contributed by atoms with Gasteiger partial charge in [0.2, 0.25) is 0 Å². The predicted molar refractivity (Wildman–Crippen MR) is 117 cm³/mol. The lowest BCUT2D eigenvalue weighted by molar-refractivity contribution is -0.787. The van der Waals surface area contributed by atoms with E-state index in [1.807, 2.05) is 6.92 Å². The van der Waals surface area contributed by atoms with Crippen molar-refractivity contribution in [3.63, 3.8) is 0 Å². The summed E-state index contributed by atoms with van der Waals surface area (Å²) in [5, 5.41) is 30.9. The van der Waals surface area contributed by atoms with Crippen molar-refractivity contribution in [1.29, 1.82) is 5.26 Å². The Morgan fingerprint density at radius 1 is 1.06 bits per heavy atom. The number of carbonyl (C=O) groups excluding carboxylic acids is 2. The number of nitriles is 1. The summed E-state index contributed by atoms with van der Waals surface area (Å²) >= 11 is 0. The number of rotatable bonds is 7. The van der Waals surface area contributed by atoms with Crippen LogP contribution in [-0.2, 0) is 19.3 Å². The Hall–Kier alpha value is -2.77. The smallest absolute Gasteiger partial charge is 0.295 e. The van der Waals surface area contributed by atoms with Crippen LogP contribution in [0.2, 0.25) is 0 Å². The molecule has 190 valence electrons. The van der Waals surface area contributed by atoms with Crippen LogP contribution < -0.4 is 0 Å². The lowest BCUT2D eigenvalue weighted by Gasteiger charge is -2.62. The highest BCUT2D eigenvalue weighted by Crippen LogP contribution is 2.76. The fourth-order valence-electron chi connectivity index (χ4n) is 9.69. The highest BCUT2D eigenvalue weighted by molar-refractivity contribution is 6.07. The molecule has 2 bridgehead atoms. The average molecular weight is 490 g/mol. The average Bonchev–Trinajstić information content (AvgIpc) is 3.25. The molecule has 0 unspecified atom stereocenters. The van der Waals surface area contributed by atoms with E-state index < -0.39 is 43.9 Å². The van der Waals surface area contributed by atoms with Crippen LogP contribution in [0, 0.1) is 77.4 Å². The van der Waals surface area contributed by atoms with Gasteiger partial charge >= 0.3 is 0 Å². The van der Waals surface area contributed by atoms with Crippen LogP contribution in [-0.4, -0.2) is 33.9 Å². The van der Waals surface area contributed by atoms with E-state index in [9.17, 15) is 35.1 Å². The topological polar surface area (TPSA) is 163 Å². The second-order valence-electron chi connectivity index (χ2n) is 11.9. The third-order valence-electron chi connectivity index (χ3n) is 11.2. The summed E-state index contributed by atoms with van der Waals surface area (Å²) in [6, 6.07) is 2.48. The molecular formula is C24H31N3O8. The maximum atomic E-state index is 13.7. The molecule has 0 aromatic heterocycles. The van der Waals surface area contributed by atoms with E-state index in [-0.39, 0.29) is 48.8 Å². The van der Waals surface area contributed by atoms with Crippen molar-refractivity contribution < 1.29 is 29.4 Å². The Morgan fingerprint density at radius 3 is 2.40 bits per heavy atom. The molecule has 5 fully saturated rings. The zero-order chi connectivity index (χ0) is 25.4. The van der Waals surface area contributed by atoms with Gasteiger partial charge < -0.3 is 9.68 Å². The zero-order valence-corrected chi connectivity index (χ0v) is 20.1. The summed E-state index contributed by atoms with van der Waals surface area (Å²) < 4.78 is 0. The van der Waals surface area contributed by atoms with Gasteiger partial charge in [-0.1, -0.05) is 13.8 Å². The zero-order valence-electron chi connectivity index (χ0n) is 20.1. The summed E-state index contributed by atoms with van der Waals surface area (Å²) in [4.78, 5) is 58.6. The SMILES string of the molecule is C[C@]12CC[C@H]3[C@@H]([C@@H]4C[C@]5(C#N)[C@@H](C(=O)CC[C@]35C)C4=O)[C@@H]1CC[C@]2(CCCO[N+](=O)[O-])O[N+](=O)[O-]. The largest absolute Gasteiger partial charge is 0.314 e. The maximum Gasteiger partial charge on any atom is 0.295 e. The second-order valence-corrected chi connectivity index (χ2v) is 11.9. The van der Waals surface area contributed by atoms with E-state index in [1.165, 1.54) is 0 Å². The third-order valence-corrected chi connectivity index (χ3v) is 11.2. The van der Waals surface area contributed by atoms with Gasteiger partial charge in [0.15, 0.2) is 0 Å². The summed E-state index contributed by atoms with van der Waals surface area (Å²) in [5.41, 5.74) is -3.14. The van der Waals surface area contributed by atoms with Crippen molar-refractivity contribution in [2.45, 2.75) is 77.2 Å². The van der Waals surface area contributed by atoms with Crippen LogP contribution in [0.3, 0.4) is 0 Å². The number of hydrogen-bond acceptors (Lipinski definition) is 9. The molecule has 5 aliphatic carbocycles. The summed E-state index contributed by atoms with van der Waals surface area (Å²) in [5.74, 6) is -1.47. The minimum absolute atomic E-state index is 0.0328. The van der Waals surface area contributed by atoms with Crippen LogP contribution in [0.1, 0.15) is 71.6 Å². The normalized spacial score (nSPS) is 47.4. The summed E-state index contributed by atoms with van der Waals surface area (Å²) in [7, 11) is 0. The highest BCUT2D eigenvalue weighted by atomic mass is 17.0. The Morgan fingerprint density at radius 2 is 1.74 bits per heavy atom. The van der Waals surface area contributed by atoms with E-state index in [0.29, 0.717) is 44.9 Å². The first-order valence-electron chi connectivity index (χ1n) is 12.5. The maximum absolute atomic E-state index is 13.7. The number of hydrogen-bond donors (Lipinski definition) is 0. The lowest BCUT2D eigenvalue weighted by Crippen LogP contribution is -2.61. The molecule has 9 atom stereocenters. The number of carbonyl (C=O) groups is 2. The van der Waals surface area contributed by atoms with Crippen LogP contribution in [0.4, 0.5) is 0 Å². The predicted octanol–water partition coefficient (Wildman–Crippen LogP) is 3.46. The standard InChI is InChI=1S/C24H31N3O8/c1-21-9-6-17(28)19-20(29)14(12-23(19,21)13-25)18-15(21)4-8-22(2)16(18)5-10-24(22,35-27(32)33)7-3-11-34-26(30)31/h14-16,18-19H,3-12H2,1-2H3/t14-,15-,16-,18+,19-,21+,22-,23-,24-/m0/s1. The molecule has 5 aliphatic rings. The fraction of sp³-hybridized carbons (Fsp3) is 0.875. The monoisotopic (exact) mass is 489 g/mol. The van der Waals surface area contributed by atoms with Crippen molar-refractivity contribution in [3.8, 4) is 6.07 Å². The van der Waals surface area contributed by atoms with Gasteiger partial charge in [0.05, 0.1) is 24.0 Å². The van der Waals surface area contributed by atoms with E-state index in [1.54, 1.807) is 0 Å². The van der Waals surface area contributed by atoms with Crippen LogP contribution >= 0.6 is 0 Å². The lowest BCUT2D eigenvalue weighted by atomic mass is 9.40. The van der Waals surface area contributed by atoms with E-state index in [4.69, 9.17) is 4.84 Å². The van der Waals surface area contributed by atoms with Crippen molar-refractivity contribution in [1.82, 2.24) is 0 Å². The van der Waals surface area contributed by atoms with Gasteiger partial charge in [-0.3, -0.25) is 9.59 Å². The number of Topliss-reactive ketones (excluding diaryl/α,β-unsaturated/α-hetero) is 2. The highest BCUT2D eigenvalue weighted by Gasteiger charge is 2.77. The molecule has 0 aromatic carbocycles. The molecule has 0 spiro atoms.